The highest BCUT2D eigenvalue weighted by atomic mass is 16.5. The summed E-state index contributed by atoms with van der Waals surface area (Å²) in [6.07, 6.45) is 2.46. The minimum Gasteiger partial charge on any atom is -0.484 e. The van der Waals surface area contributed by atoms with Gasteiger partial charge in [-0.3, -0.25) is 9.69 Å². The maximum absolute atomic E-state index is 12.2. The van der Waals surface area contributed by atoms with Gasteiger partial charge in [-0.25, -0.2) is 0 Å². The van der Waals surface area contributed by atoms with E-state index in [0.29, 0.717) is 6.54 Å². The number of likely N-dealkylation sites (tertiary alicyclic amines) is 1. The van der Waals surface area contributed by atoms with Crippen LogP contribution in [0.2, 0.25) is 0 Å². The summed E-state index contributed by atoms with van der Waals surface area (Å²) in [5.41, 5.74) is 3.69. The number of nitrogens with zero attached hydrogens (tertiary/aromatic N) is 1. The lowest BCUT2D eigenvalue weighted by atomic mass is 10.0. The van der Waals surface area contributed by atoms with Gasteiger partial charge in [-0.2, -0.15) is 0 Å². The van der Waals surface area contributed by atoms with Gasteiger partial charge in [0.25, 0.3) is 5.91 Å². The van der Waals surface area contributed by atoms with Crippen LogP contribution in [-0.2, 0) is 4.79 Å². The fourth-order valence-electron chi connectivity index (χ4n) is 3.34. The highest BCUT2D eigenvalue weighted by molar-refractivity contribution is 5.77. The van der Waals surface area contributed by atoms with E-state index >= 15 is 0 Å². The maximum atomic E-state index is 12.2. The molecule has 138 valence electrons. The van der Waals surface area contributed by atoms with E-state index in [0.717, 1.165) is 18.8 Å². The van der Waals surface area contributed by atoms with Crippen molar-refractivity contribution in [2.75, 3.05) is 26.2 Å². The Bertz CT molecular complexity index is 704. The number of carbonyl (C=O) groups is 1. The number of hydrogen-bond donors (Lipinski definition) is 1. The first kappa shape index (κ1) is 18.5. The molecule has 4 nitrogen and oxygen atoms in total. The van der Waals surface area contributed by atoms with Crippen molar-refractivity contribution in [2.24, 2.45) is 0 Å². The second kappa shape index (κ2) is 8.86. The van der Waals surface area contributed by atoms with Gasteiger partial charge in [-0.05, 0) is 57.5 Å². The summed E-state index contributed by atoms with van der Waals surface area (Å²) < 4.78 is 5.58. The first-order valence-corrected chi connectivity index (χ1v) is 9.38. The Morgan fingerprint density at radius 2 is 1.58 bits per heavy atom. The van der Waals surface area contributed by atoms with Crippen molar-refractivity contribution in [1.29, 1.82) is 0 Å². The van der Waals surface area contributed by atoms with E-state index in [4.69, 9.17) is 4.74 Å². The second-order valence-electron chi connectivity index (χ2n) is 7.08. The predicted molar refractivity (Wildman–Crippen MR) is 104 cm³/mol. The monoisotopic (exact) mass is 352 g/mol. The van der Waals surface area contributed by atoms with Crippen molar-refractivity contribution >= 4 is 5.91 Å². The standard InChI is InChI=1S/C22H28N2O2/c1-17-5-9-19(10-6-17)21(24-13-3-4-14-24)15-23-22(25)16-26-20-11-7-18(2)8-12-20/h5-12,21H,3-4,13-16H2,1-2H3,(H,23,25)/t21-/m0/s1. The quantitative estimate of drug-likeness (QED) is 0.827. The average Bonchev–Trinajstić information content (AvgIpc) is 3.17. The van der Waals surface area contributed by atoms with E-state index in [1.807, 2.05) is 31.2 Å². The van der Waals surface area contributed by atoms with Crippen LogP contribution in [0, 0.1) is 13.8 Å². The molecule has 2 aromatic carbocycles. The molecule has 1 heterocycles. The molecule has 1 amide bonds. The predicted octanol–water partition coefficient (Wildman–Crippen LogP) is 3.64. The highest BCUT2D eigenvalue weighted by Gasteiger charge is 2.23. The largest absolute Gasteiger partial charge is 0.484 e. The lowest BCUT2D eigenvalue weighted by Gasteiger charge is -2.28. The molecular weight excluding hydrogens is 324 g/mol. The molecule has 1 atom stereocenters. The van der Waals surface area contributed by atoms with Crippen molar-refractivity contribution in [3.05, 3.63) is 65.2 Å². The van der Waals surface area contributed by atoms with Gasteiger partial charge >= 0.3 is 0 Å². The number of benzene rings is 2. The van der Waals surface area contributed by atoms with Crippen molar-refractivity contribution in [1.82, 2.24) is 10.2 Å². The first-order chi connectivity index (χ1) is 12.6. The number of rotatable bonds is 7. The van der Waals surface area contributed by atoms with Gasteiger partial charge in [0, 0.05) is 6.54 Å². The molecule has 0 saturated carbocycles. The minimum atomic E-state index is -0.0816. The summed E-state index contributed by atoms with van der Waals surface area (Å²) in [6.45, 7) is 6.96. The first-order valence-electron chi connectivity index (χ1n) is 9.38. The van der Waals surface area contributed by atoms with E-state index < -0.39 is 0 Å². The SMILES string of the molecule is Cc1ccc(OCC(=O)NC[C@@H](c2ccc(C)cc2)N2CCCC2)cc1. The van der Waals surface area contributed by atoms with Crippen molar-refractivity contribution in [3.8, 4) is 5.75 Å². The van der Waals surface area contributed by atoms with E-state index in [9.17, 15) is 4.79 Å². The Labute approximate surface area is 156 Å². The molecule has 0 radical (unpaired) electrons. The summed E-state index contributed by atoms with van der Waals surface area (Å²) in [6, 6.07) is 16.6. The van der Waals surface area contributed by atoms with Crippen LogP contribution in [0.1, 0.15) is 35.6 Å². The molecule has 1 N–H and O–H groups in total. The third-order valence-corrected chi connectivity index (χ3v) is 4.93. The molecule has 4 heteroatoms. The van der Waals surface area contributed by atoms with Crippen molar-refractivity contribution in [2.45, 2.75) is 32.7 Å². The Kier molecular flexibility index (Phi) is 6.29. The number of ether oxygens (including phenoxy) is 1. The Morgan fingerprint density at radius 3 is 2.19 bits per heavy atom. The third-order valence-electron chi connectivity index (χ3n) is 4.93. The molecule has 0 unspecified atom stereocenters. The second-order valence-corrected chi connectivity index (χ2v) is 7.08. The summed E-state index contributed by atoms with van der Waals surface area (Å²) in [5.74, 6) is 0.641. The van der Waals surface area contributed by atoms with Gasteiger partial charge in [-0.1, -0.05) is 47.5 Å². The van der Waals surface area contributed by atoms with Crippen LogP contribution in [0.4, 0.5) is 0 Å². The molecule has 1 fully saturated rings. The molecule has 0 spiro atoms. The molecule has 1 aliphatic rings. The molecule has 3 rings (SSSR count). The lowest BCUT2D eigenvalue weighted by molar-refractivity contribution is -0.123. The molecule has 0 bridgehead atoms. The summed E-state index contributed by atoms with van der Waals surface area (Å²) in [7, 11) is 0. The maximum Gasteiger partial charge on any atom is 0.258 e. The molecule has 1 saturated heterocycles. The third kappa shape index (κ3) is 5.09. The van der Waals surface area contributed by atoms with Crippen LogP contribution in [0.25, 0.3) is 0 Å². The molecule has 2 aromatic rings. The number of aryl methyl sites for hydroxylation is 2. The molecule has 26 heavy (non-hydrogen) atoms. The van der Waals surface area contributed by atoms with Crippen molar-refractivity contribution in [3.63, 3.8) is 0 Å². The highest BCUT2D eigenvalue weighted by Crippen LogP contribution is 2.24. The number of nitrogens with one attached hydrogen (secondary N) is 1. The zero-order valence-corrected chi connectivity index (χ0v) is 15.7. The van der Waals surface area contributed by atoms with Crippen LogP contribution in [-0.4, -0.2) is 37.0 Å². The average molecular weight is 352 g/mol. The zero-order valence-electron chi connectivity index (χ0n) is 15.7. The van der Waals surface area contributed by atoms with Crippen LogP contribution in [0.3, 0.4) is 0 Å². The summed E-state index contributed by atoms with van der Waals surface area (Å²) in [5, 5.41) is 3.05. The number of amides is 1. The van der Waals surface area contributed by atoms with E-state index in [1.165, 1.54) is 29.5 Å². The van der Waals surface area contributed by atoms with E-state index in [1.54, 1.807) is 0 Å². The van der Waals surface area contributed by atoms with Gasteiger partial charge < -0.3 is 10.1 Å². The smallest absolute Gasteiger partial charge is 0.258 e. The summed E-state index contributed by atoms with van der Waals surface area (Å²) >= 11 is 0. The summed E-state index contributed by atoms with van der Waals surface area (Å²) in [4.78, 5) is 14.7. The van der Waals surface area contributed by atoms with E-state index in [-0.39, 0.29) is 18.6 Å². The van der Waals surface area contributed by atoms with Crippen LogP contribution >= 0.6 is 0 Å². The minimum absolute atomic E-state index is 0.0453. The lowest BCUT2D eigenvalue weighted by Crippen LogP contribution is -2.38. The van der Waals surface area contributed by atoms with Crippen molar-refractivity contribution < 1.29 is 9.53 Å². The van der Waals surface area contributed by atoms with Crippen LogP contribution in [0.5, 0.6) is 5.75 Å². The van der Waals surface area contributed by atoms with Gasteiger partial charge in [0.15, 0.2) is 6.61 Å². The topological polar surface area (TPSA) is 41.6 Å². The molecular formula is C22H28N2O2. The molecule has 1 aliphatic heterocycles. The van der Waals surface area contributed by atoms with Crippen LogP contribution < -0.4 is 10.1 Å². The number of carbonyl (C=O) groups excluding carboxylic acids is 1. The number of hydrogen-bond acceptors (Lipinski definition) is 3. The van der Waals surface area contributed by atoms with E-state index in [2.05, 4.69) is 41.4 Å². The fourth-order valence-corrected chi connectivity index (χ4v) is 3.34. The van der Waals surface area contributed by atoms with Gasteiger partial charge in [0.1, 0.15) is 5.75 Å². The Hall–Kier alpha value is -2.33. The zero-order chi connectivity index (χ0) is 18.4. The fraction of sp³-hybridized carbons (Fsp3) is 0.409. The molecule has 0 aromatic heterocycles. The van der Waals surface area contributed by atoms with Gasteiger partial charge in [-0.15, -0.1) is 0 Å². The molecule has 0 aliphatic carbocycles. The van der Waals surface area contributed by atoms with Gasteiger partial charge in [0.05, 0.1) is 6.04 Å². The van der Waals surface area contributed by atoms with Gasteiger partial charge in [0.2, 0.25) is 0 Å². The normalized spacial score (nSPS) is 15.6. The Balaban J connectivity index is 1.55. The Morgan fingerprint density at radius 1 is 1.00 bits per heavy atom. The van der Waals surface area contributed by atoms with Crippen LogP contribution in [0.15, 0.2) is 48.5 Å².